The second kappa shape index (κ2) is 4.83. The highest BCUT2D eigenvalue weighted by atomic mass is 32.2. The molecule has 1 atom stereocenters. The van der Waals surface area contributed by atoms with E-state index in [0.717, 1.165) is 11.5 Å². The summed E-state index contributed by atoms with van der Waals surface area (Å²) in [6.45, 7) is 2.03. The van der Waals surface area contributed by atoms with Gasteiger partial charge in [0.2, 0.25) is 0 Å². The zero-order chi connectivity index (χ0) is 11.7. The highest BCUT2D eigenvalue weighted by Gasteiger charge is 2.22. The molecule has 0 fully saturated rings. The van der Waals surface area contributed by atoms with Gasteiger partial charge >= 0.3 is 0 Å². The van der Waals surface area contributed by atoms with Gasteiger partial charge in [-0.3, -0.25) is 0 Å². The van der Waals surface area contributed by atoms with E-state index in [4.69, 9.17) is 4.42 Å². The van der Waals surface area contributed by atoms with Crippen LogP contribution < -0.4 is 0 Å². The molecule has 0 saturated heterocycles. The van der Waals surface area contributed by atoms with Crippen LogP contribution in [0.4, 0.5) is 0 Å². The number of aryl methyl sites for hydroxylation is 1. The Morgan fingerprint density at radius 1 is 1.35 bits per heavy atom. The van der Waals surface area contributed by atoms with Crippen molar-refractivity contribution in [3.63, 3.8) is 0 Å². The Kier molecular flexibility index (Phi) is 3.21. The van der Waals surface area contributed by atoms with Gasteiger partial charge < -0.3 is 4.42 Å². The van der Waals surface area contributed by atoms with Crippen molar-refractivity contribution in [2.45, 2.75) is 28.4 Å². The number of furan rings is 1. The molecule has 1 nitrogen and oxygen atoms in total. The molecule has 0 aliphatic carbocycles. The van der Waals surface area contributed by atoms with E-state index < -0.39 is 0 Å². The fourth-order valence-electron chi connectivity index (χ4n) is 2.05. The van der Waals surface area contributed by atoms with Crippen molar-refractivity contribution in [2.24, 2.45) is 0 Å². The van der Waals surface area contributed by atoms with Crippen LogP contribution in [0, 0.1) is 6.92 Å². The molecular weight excluding hydrogens is 248 g/mol. The van der Waals surface area contributed by atoms with Gasteiger partial charge in [-0.15, -0.1) is 23.5 Å². The maximum Gasteiger partial charge on any atom is 0.114 e. The zero-order valence-electron chi connectivity index (χ0n) is 9.68. The molecule has 0 bridgehead atoms. The summed E-state index contributed by atoms with van der Waals surface area (Å²) < 4.78 is 5.31. The van der Waals surface area contributed by atoms with Crippen LogP contribution in [-0.2, 0) is 6.42 Å². The third-order valence-corrected chi connectivity index (χ3v) is 5.78. The smallest absolute Gasteiger partial charge is 0.114 e. The van der Waals surface area contributed by atoms with Crippen LogP contribution in [-0.4, -0.2) is 11.0 Å². The third kappa shape index (κ3) is 2.40. The summed E-state index contributed by atoms with van der Waals surface area (Å²) in [4.78, 5) is 2.74. The van der Waals surface area contributed by atoms with Crippen molar-refractivity contribution < 1.29 is 4.42 Å². The molecule has 2 aromatic rings. The lowest BCUT2D eigenvalue weighted by Gasteiger charge is -2.06. The summed E-state index contributed by atoms with van der Waals surface area (Å²) in [5.74, 6) is 2.19. The Morgan fingerprint density at radius 3 is 3.00 bits per heavy atom. The molecule has 1 aromatic heterocycles. The van der Waals surface area contributed by atoms with E-state index >= 15 is 0 Å². The Morgan fingerprint density at radius 2 is 2.24 bits per heavy atom. The Balaban J connectivity index is 1.61. The number of benzene rings is 1. The molecule has 1 aromatic carbocycles. The lowest BCUT2D eigenvalue weighted by atomic mass is 10.1. The molecular formula is C14H14OS2. The molecule has 1 aliphatic rings. The van der Waals surface area contributed by atoms with E-state index in [0.29, 0.717) is 5.25 Å². The van der Waals surface area contributed by atoms with Crippen molar-refractivity contribution in [1.82, 2.24) is 0 Å². The molecule has 0 N–H and O–H groups in total. The Bertz CT molecular complexity index is 493. The number of fused-ring (bicyclic) bond motifs is 1. The first kappa shape index (κ1) is 11.3. The summed E-state index contributed by atoms with van der Waals surface area (Å²) in [5, 5.41) is 0.701. The average molecular weight is 262 g/mol. The highest BCUT2D eigenvalue weighted by Crippen LogP contribution is 2.39. The quantitative estimate of drug-likeness (QED) is 0.761. The van der Waals surface area contributed by atoms with E-state index in [1.807, 2.05) is 30.4 Å². The largest absolute Gasteiger partial charge is 0.468 e. The van der Waals surface area contributed by atoms with Gasteiger partial charge in [-0.2, -0.15) is 0 Å². The summed E-state index contributed by atoms with van der Waals surface area (Å²) in [6.07, 6.45) is 2.97. The maximum absolute atomic E-state index is 5.31. The van der Waals surface area contributed by atoms with Crippen molar-refractivity contribution >= 4 is 23.5 Å². The first-order chi connectivity index (χ1) is 8.33. The number of thioether (sulfide) groups is 2. The van der Waals surface area contributed by atoms with E-state index in [1.54, 1.807) is 6.26 Å². The van der Waals surface area contributed by atoms with Gasteiger partial charge in [-0.05, 0) is 31.0 Å². The summed E-state index contributed by atoms with van der Waals surface area (Å²) in [6, 6.07) is 10.8. The molecule has 0 amide bonds. The van der Waals surface area contributed by atoms with Gasteiger partial charge in [0.25, 0.3) is 0 Å². The van der Waals surface area contributed by atoms with Gasteiger partial charge in [0.1, 0.15) is 5.76 Å². The fourth-order valence-corrected chi connectivity index (χ4v) is 4.50. The van der Waals surface area contributed by atoms with E-state index in [1.165, 1.54) is 21.8 Å². The van der Waals surface area contributed by atoms with Gasteiger partial charge in [-0.1, -0.05) is 18.2 Å². The van der Waals surface area contributed by atoms with Gasteiger partial charge in [0.15, 0.2) is 0 Å². The summed E-state index contributed by atoms with van der Waals surface area (Å²) in [7, 11) is 0. The Labute approximate surface area is 110 Å². The van der Waals surface area contributed by atoms with Gasteiger partial charge in [0.05, 0.1) is 6.26 Å². The van der Waals surface area contributed by atoms with E-state index in [-0.39, 0.29) is 0 Å². The third-order valence-electron chi connectivity index (χ3n) is 2.95. The van der Waals surface area contributed by atoms with Crippen LogP contribution in [0.1, 0.15) is 11.3 Å². The molecule has 3 heteroatoms. The topological polar surface area (TPSA) is 13.1 Å². The van der Waals surface area contributed by atoms with Crippen molar-refractivity contribution in [1.29, 1.82) is 0 Å². The van der Waals surface area contributed by atoms with Crippen LogP contribution in [0.15, 0.2) is 50.8 Å². The normalized spacial score (nSPS) is 18.3. The first-order valence-electron chi connectivity index (χ1n) is 5.74. The molecule has 0 saturated carbocycles. The zero-order valence-corrected chi connectivity index (χ0v) is 11.3. The molecule has 1 aliphatic heterocycles. The highest BCUT2D eigenvalue weighted by molar-refractivity contribution is 8.03. The van der Waals surface area contributed by atoms with Crippen molar-refractivity contribution in [3.8, 4) is 0 Å². The minimum atomic E-state index is 0.701. The van der Waals surface area contributed by atoms with Crippen LogP contribution in [0.2, 0.25) is 0 Å². The summed E-state index contributed by atoms with van der Waals surface area (Å²) in [5.41, 5.74) is 1.51. The number of hydrogen-bond acceptors (Lipinski definition) is 3. The molecule has 3 rings (SSSR count). The molecule has 0 spiro atoms. The van der Waals surface area contributed by atoms with Crippen LogP contribution >= 0.6 is 23.5 Å². The van der Waals surface area contributed by atoms with Crippen LogP contribution in [0.5, 0.6) is 0 Å². The number of hydrogen-bond donors (Lipinski definition) is 0. The molecule has 1 unspecified atom stereocenters. The van der Waals surface area contributed by atoms with Gasteiger partial charge in [0, 0.05) is 20.8 Å². The SMILES string of the molecule is Cc1occc1SCC1Cc2ccccc2S1. The van der Waals surface area contributed by atoms with Crippen LogP contribution in [0.25, 0.3) is 0 Å². The maximum atomic E-state index is 5.31. The fraction of sp³-hybridized carbons (Fsp3) is 0.286. The minimum Gasteiger partial charge on any atom is -0.468 e. The van der Waals surface area contributed by atoms with Gasteiger partial charge in [-0.25, -0.2) is 0 Å². The van der Waals surface area contributed by atoms with Crippen molar-refractivity contribution in [3.05, 3.63) is 47.9 Å². The lowest BCUT2D eigenvalue weighted by molar-refractivity contribution is 0.527. The summed E-state index contributed by atoms with van der Waals surface area (Å²) >= 11 is 3.92. The lowest BCUT2D eigenvalue weighted by Crippen LogP contribution is -2.03. The van der Waals surface area contributed by atoms with Crippen LogP contribution in [0.3, 0.4) is 0 Å². The first-order valence-corrected chi connectivity index (χ1v) is 7.61. The molecule has 0 radical (unpaired) electrons. The standard InChI is InChI=1S/C14H14OS2/c1-10-13(6-7-15-10)16-9-12-8-11-4-2-3-5-14(11)17-12/h2-7,12H,8-9H2,1H3. The second-order valence-electron chi connectivity index (χ2n) is 4.20. The van der Waals surface area contributed by atoms with Crippen molar-refractivity contribution in [2.75, 3.05) is 5.75 Å². The monoisotopic (exact) mass is 262 g/mol. The molecule has 17 heavy (non-hydrogen) atoms. The second-order valence-corrected chi connectivity index (χ2v) is 6.61. The molecule has 2 heterocycles. The van der Waals surface area contributed by atoms with E-state index in [9.17, 15) is 0 Å². The predicted molar refractivity (Wildman–Crippen MR) is 74.0 cm³/mol. The van der Waals surface area contributed by atoms with E-state index in [2.05, 4.69) is 30.3 Å². The predicted octanol–water partition coefficient (Wildman–Crippen LogP) is 4.40. The number of rotatable bonds is 3. The Hall–Kier alpha value is -0.800. The average Bonchev–Trinajstić information content (AvgIpc) is 2.92. The minimum absolute atomic E-state index is 0.701. The molecule has 88 valence electrons.